The van der Waals surface area contributed by atoms with Crippen LogP contribution in [0.15, 0.2) is 29.2 Å². The predicted molar refractivity (Wildman–Crippen MR) is 72.4 cm³/mol. The van der Waals surface area contributed by atoms with E-state index in [9.17, 15) is 0 Å². The molecule has 0 heterocycles. The van der Waals surface area contributed by atoms with Gasteiger partial charge in [0.2, 0.25) is 0 Å². The molecule has 3 heteroatoms. The van der Waals surface area contributed by atoms with Crippen molar-refractivity contribution in [1.29, 1.82) is 0 Å². The zero-order valence-electron chi connectivity index (χ0n) is 8.99. The van der Waals surface area contributed by atoms with Crippen LogP contribution >= 0.6 is 16.6 Å². The normalized spacial score (nSPS) is 11.6. The maximum Gasteiger partial charge on any atom is 0.0124 e. The minimum absolute atomic E-state index is 1.15. The monoisotopic (exact) mass is 244 g/mol. The van der Waals surface area contributed by atoms with Gasteiger partial charge < -0.3 is 0 Å². The Balaban J connectivity index is 2.78. The van der Waals surface area contributed by atoms with Crippen LogP contribution in [-0.2, 0) is 11.8 Å². The van der Waals surface area contributed by atoms with Gasteiger partial charge in [-0.25, -0.2) is 0 Å². The first-order valence-corrected chi connectivity index (χ1v) is 9.53. The molecule has 0 N–H and O–H groups in total. The molecule has 14 heavy (non-hydrogen) atoms. The molecule has 0 saturated carbocycles. The van der Waals surface area contributed by atoms with E-state index in [1.54, 1.807) is 0 Å². The lowest BCUT2D eigenvalue weighted by molar-refractivity contribution is 1.38. The van der Waals surface area contributed by atoms with E-state index in [1.165, 1.54) is 10.5 Å². The van der Waals surface area contributed by atoms with Crippen LogP contribution in [0, 0.1) is 6.92 Å². The van der Waals surface area contributed by atoms with Crippen molar-refractivity contribution in [2.45, 2.75) is 25.7 Å². The smallest absolute Gasteiger partial charge is 0.0124 e. The molecule has 0 saturated heterocycles. The minimum atomic E-state index is -1.17. The van der Waals surface area contributed by atoms with Crippen molar-refractivity contribution < 1.29 is 0 Å². The van der Waals surface area contributed by atoms with E-state index in [0.29, 0.717) is 0 Å². The van der Waals surface area contributed by atoms with Gasteiger partial charge in [0.1, 0.15) is 0 Å². The van der Waals surface area contributed by atoms with E-state index < -0.39 is 5.24 Å². The summed E-state index contributed by atoms with van der Waals surface area (Å²) in [5.74, 6) is 0. The van der Waals surface area contributed by atoms with Gasteiger partial charge in [-0.15, -0.1) is 0 Å². The van der Waals surface area contributed by atoms with Crippen molar-refractivity contribution in [1.82, 2.24) is 0 Å². The Morgan fingerprint density at radius 2 is 1.64 bits per heavy atom. The Morgan fingerprint density at radius 1 is 1.14 bits per heavy atom. The largest absolute Gasteiger partial charge is 0.0882 e. The first-order chi connectivity index (χ1) is 6.59. The van der Waals surface area contributed by atoms with E-state index in [1.807, 2.05) is 11.4 Å². The van der Waals surface area contributed by atoms with Gasteiger partial charge >= 0.3 is 0 Å². The lowest BCUT2D eigenvalue weighted by atomic mass is 10.2. The van der Waals surface area contributed by atoms with Crippen LogP contribution in [0.4, 0.5) is 0 Å². The molecule has 1 aromatic carbocycles. The fraction of sp³-hybridized carbons (Fsp3) is 0.455. The number of rotatable bonds is 4. The summed E-state index contributed by atoms with van der Waals surface area (Å²) in [4.78, 5) is 1.34. The molecule has 0 nitrogen and oxygen atoms in total. The van der Waals surface area contributed by atoms with Gasteiger partial charge in [0.15, 0.2) is 0 Å². The molecular formula is C11H17PS2. The highest BCUT2D eigenvalue weighted by Gasteiger charge is 2.13. The van der Waals surface area contributed by atoms with Crippen LogP contribution in [0.25, 0.3) is 0 Å². The van der Waals surface area contributed by atoms with E-state index in [-0.39, 0.29) is 0 Å². The zero-order valence-corrected chi connectivity index (χ0v) is 11.5. The number of benzene rings is 1. The molecule has 0 unspecified atom stereocenters. The summed E-state index contributed by atoms with van der Waals surface area (Å²) in [6.07, 6.45) is 2.30. The van der Waals surface area contributed by atoms with E-state index in [4.69, 9.17) is 11.8 Å². The van der Waals surface area contributed by atoms with Gasteiger partial charge in [0.25, 0.3) is 0 Å². The molecular weight excluding hydrogens is 227 g/mol. The number of hydrogen-bond acceptors (Lipinski definition) is 2. The Morgan fingerprint density at radius 3 is 2.07 bits per heavy atom. The van der Waals surface area contributed by atoms with Gasteiger partial charge in [0, 0.05) is 10.1 Å². The number of hydrogen-bond donors (Lipinski definition) is 0. The lowest BCUT2D eigenvalue weighted by Gasteiger charge is -2.17. The molecule has 0 aliphatic rings. The number of aryl methyl sites for hydroxylation is 1. The zero-order chi connectivity index (χ0) is 10.6. The van der Waals surface area contributed by atoms with Gasteiger partial charge in [-0.05, 0) is 31.4 Å². The van der Waals surface area contributed by atoms with Crippen LogP contribution in [-0.4, -0.2) is 12.3 Å². The van der Waals surface area contributed by atoms with Gasteiger partial charge in [-0.3, -0.25) is 0 Å². The van der Waals surface area contributed by atoms with Crippen LogP contribution < -0.4 is 0 Å². The average molecular weight is 244 g/mol. The maximum atomic E-state index is 5.69. The molecule has 0 bridgehead atoms. The van der Waals surface area contributed by atoms with Gasteiger partial charge in [-0.2, -0.15) is 0 Å². The Bertz CT molecular complexity index is 322. The Kier molecular flexibility index (Phi) is 4.69. The first-order valence-electron chi connectivity index (χ1n) is 4.94. The van der Waals surface area contributed by atoms with Crippen molar-refractivity contribution in [3.05, 3.63) is 29.8 Å². The first kappa shape index (κ1) is 12.3. The summed E-state index contributed by atoms with van der Waals surface area (Å²) in [5.41, 5.74) is 1.32. The fourth-order valence-electron chi connectivity index (χ4n) is 1.14. The van der Waals surface area contributed by atoms with E-state index >= 15 is 0 Å². The van der Waals surface area contributed by atoms with Gasteiger partial charge in [-0.1, -0.05) is 54.7 Å². The molecule has 78 valence electrons. The highest BCUT2D eigenvalue weighted by Crippen LogP contribution is 2.61. The standard InChI is InChI=1S/C11H17PS2/c1-4-12(13,5-2)14-11-8-6-10(3)7-9-11/h6-9H,4-5H2,1-3H3. The quantitative estimate of drug-likeness (QED) is 0.714. The summed E-state index contributed by atoms with van der Waals surface area (Å²) in [6, 6.07) is 8.69. The minimum Gasteiger partial charge on any atom is -0.0882 e. The van der Waals surface area contributed by atoms with Crippen LogP contribution in [0.3, 0.4) is 0 Å². The average Bonchev–Trinajstić information content (AvgIpc) is 2.21. The third kappa shape index (κ3) is 3.42. The maximum absolute atomic E-state index is 5.69. The van der Waals surface area contributed by atoms with Crippen LogP contribution in [0.2, 0.25) is 0 Å². The predicted octanol–water partition coefficient (Wildman–Crippen LogP) is 4.52. The SMILES string of the molecule is CCP(=S)(CC)Sc1ccc(C)cc1. The summed E-state index contributed by atoms with van der Waals surface area (Å²) < 4.78 is 0. The lowest BCUT2D eigenvalue weighted by Crippen LogP contribution is -1.83. The Labute approximate surface area is 96.2 Å². The van der Waals surface area contributed by atoms with E-state index in [2.05, 4.69) is 45.0 Å². The molecule has 0 radical (unpaired) electrons. The second-order valence-corrected chi connectivity index (χ2v) is 12.3. The summed E-state index contributed by atoms with van der Waals surface area (Å²) in [7, 11) is 0. The molecule has 0 aromatic heterocycles. The van der Waals surface area contributed by atoms with Crippen molar-refractivity contribution in [2.75, 3.05) is 12.3 Å². The molecule has 0 aliphatic carbocycles. The topological polar surface area (TPSA) is 0 Å². The summed E-state index contributed by atoms with van der Waals surface area (Å²) >= 11 is 7.62. The third-order valence-electron chi connectivity index (χ3n) is 2.26. The summed E-state index contributed by atoms with van der Waals surface area (Å²) in [6.45, 7) is 6.54. The van der Waals surface area contributed by atoms with Crippen molar-refractivity contribution in [3.8, 4) is 0 Å². The molecule has 1 aromatic rings. The molecule has 0 atom stereocenters. The fourth-order valence-corrected chi connectivity index (χ4v) is 5.56. The Hall–Kier alpha value is 0.220. The second kappa shape index (κ2) is 5.34. The van der Waals surface area contributed by atoms with Crippen molar-refractivity contribution in [2.24, 2.45) is 0 Å². The van der Waals surface area contributed by atoms with Crippen LogP contribution in [0.1, 0.15) is 19.4 Å². The summed E-state index contributed by atoms with van der Waals surface area (Å²) in [5, 5.41) is -1.17. The van der Waals surface area contributed by atoms with Crippen LogP contribution in [0.5, 0.6) is 0 Å². The van der Waals surface area contributed by atoms with Crippen molar-refractivity contribution in [3.63, 3.8) is 0 Å². The molecule has 0 spiro atoms. The van der Waals surface area contributed by atoms with Crippen molar-refractivity contribution >= 4 is 28.4 Å². The van der Waals surface area contributed by atoms with Gasteiger partial charge in [0.05, 0.1) is 0 Å². The highest BCUT2D eigenvalue weighted by molar-refractivity contribution is 8.71. The molecule has 0 amide bonds. The third-order valence-corrected chi connectivity index (χ3v) is 10.4. The molecule has 0 aliphatic heterocycles. The molecule has 0 fully saturated rings. The molecule has 1 rings (SSSR count). The second-order valence-electron chi connectivity index (χ2n) is 3.35. The highest BCUT2D eigenvalue weighted by atomic mass is 32.9. The van der Waals surface area contributed by atoms with E-state index in [0.717, 1.165) is 12.3 Å².